The molecule has 0 bridgehead atoms. The molecule has 2 aliphatic rings. The summed E-state index contributed by atoms with van der Waals surface area (Å²) >= 11 is 0. The summed E-state index contributed by atoms with van der Waals surface area (Å²) in [4.78, 5) is 4.15. The molecule has 1 fully saturated rings. The first-order chi connectivity index (χ1) is 13.2. The van der Waals surface area contributed by atoms with Crippen molar-refractivity contribution in [1.29, 1.82) is 0 Å². The van der Waals surface area contributed by atoms with E-state index in [9.17, 15) is 0 Å². The van der Waals surface area contributed by atoms with Gasteiger partial charge in [0.1, 0.15) is 12.7 Å². The maximum atomic E-state index is 4.15. The Balaban J connectivity index is 0.00000120. The van der Waals surface area contributed by atoms with Gasteiger partial charge >= 0.3 is 0 Å². The van der Waals surface area contributed by atoms with Gasteiger partial charge in [0.05, 0.1) is 8.07 Å². The van der Waals surface area contributed by atoms with Crippen molar-refractivity contribution in [3.63, 3.8) is 0 Å². The number of hydrogen-bond acceptors (Lipinski definition) is 1. The number of rotatable bonds is 2. The van der Waals surface area contributed by atoms with E-state index in [2.05, 4.69) is 66.2 Å². The molecule has 4 heterocycles. The average Bonchev–Trinajstić information content (AvgIpc) is 3.31. The fourth-order valence-corrected chi connectivity index (χ4v) is 10.7. The van der Waals surface area contributed by atoms with Crippen LogP contribution in [0.1, 0.15) is 24.0 Å². The van der Waals surface area contributed by atoms with Crippen molar-refractivity contribution in [2.24, 2.45) is 7.05 Å². The van der Waals surface area contributed by atoms with Crippen LogP contribution in [0.25, 0.3) is 22.4 Å². The molecule has 0 N–H and O–H groups in total. The van der Waals surface area contributed by atoms with Crippen molar-refractivity contribution in [2.45, 2.75) is 44.3 Å². The first-order valence-corrected chi connectivity index (χ1v) is 12.7. The molecule has 29 heavy (non-hydrogen) atoms. The molecule has 0 unspecified atom stereocenters. The molecule has 2 aliphatic heterocycles. The zero-order valence-electron chi connectivity index (χ0n) is 17.3. The molecular weight excluding hydrogens is 444 g/mol. The van der Waals surface area contributed by atoms with E-state index in [1.54, 1.807) is 16.9 Å². The Bertz CT molecular complexity index is 1020. The smallest absolute Gasteiger partial charge is 0.165 e. The Hall–Kier alpha value is -1.09. The first-order valence-electron chi connectivity index (χ1n) is 10.1. The summed E-state index contributed by atoms with van der Waals surface area (Å²) in [6.45, 7) is 2.19. The molecule has 4 radical (unpaired) electrons. The number of benzene rings is 1. The second kappa shape index (κ2) is 8.95. The van der Waals surface area contributed by atoms with Crippen molar-refractivity contribution in [1.82, 2.24) is 4.98 Å². The van der Waals surface area contributed by atoms with Gasteiger partial charge in [-0.15, -0.1) is 17.7 Å². The van der Waals surface area contributed by atoms with Crippen LogP contribution in [0.3, 0.4) is 0 Å². The Labute approximate surface area is 202 Å². The van der Waals surface area contributed by atoms with Gasteiger partial charge in [-0.2, -0.15) is 29.3 Å². The van der Waals surface area contributed by atoms with Gasteiger partial charge in [0.2, 0.25) is 0 Å². The van der Waals surface area contributed by atoms with Gasteiger partial charge in [0, 0.05) is 46.7 Å². The summed E-state index contributed by atoms with van der Waals surface area (Å²) in [6.07, 6.45) is 11.5. The van der Waals surface area contributed by atoms with E-state index < -0.39 is 8.07 Å². The van der Waals surface area contributed by atoms with E-state index in [1.165, 1.54) is 54.2 Å². The summed E-state index contributed by atoms with van der Waals surface area (Å²) in [7, 11) is 0.972. The molecule has 0 amide bonds. The van der Waals surface area contributed by atoms with E-state index >= 15 is 0 Å². The predicted molar refractivity (Wildman–Crippen MR) is 117 cm³/mol. The Morgan fingerprint density at radius 1 is 1.07 bits per heavy atom. The fourth-order valence-electron chi connectivity index (χ4n) is 5.19. The molecule has 2 aromatic heterocycles. The Morgan fingerprint density at radius 2 is 1.86 bits per heavy atom. The van der Waals surface area contributed by atoms with Crippen LogP contribution in [0, 0.1) is 19.2 Å². The molecule has 1 saturated heterocycles. The summed E-state index contributed by atoms with van der Waals surface area (Å²) in [5, 5.41) is 1.75. The minimum Gasteiger partial charge on any atom is -0.369 e. The van der Waals surface area contributed by atoms with Gasteiger partial charge in [-0.3, -0.25) is 0 Å². The molecule has 0 atom stereocenters. The van der Waals surface area contributed by atoms with Crippen molar-refractivity contribution >= 4 is 21.7 Å². The summed E-state index contributed by atoms with van der Waals surface area (Å²) in [5.74, 6) is 0. The molecule has 5 heteroatoms. The summed E-state index contributed by atoms with van der Waals surface area (Å²) in [6, 6.07) is 19.0. The van der Waals surface area contributed by atoms with Crippen LogP contribution < -0.4 is 9.75 Å². The summed E-state index contributed by atoms with van der Waals surface area (Å²) in [5.41, 5.74) is 7.48. The Kier molecular flexibility index (Phi) is 6.97. The van der Waals surface area contributed by atoms with Crippen molar-refractivity contribution in [2.75, 3.05) is 0 Å². The van der Waals surface area contributed by atoms with E-state index in [1.807, 2.05) is 6.07 Å². The van der Waals surface area contributed by atoms with Gasteiger partial charge in [0.15, 0.2) is 6.20 Å². The molecule has 142 valence electrons. The standard InChI is InChI=1S/C24H25N2Si.B.Y/c1-18-7-8-19(20-6-5-10-25-16-20)14-22(18)23-15-24-21(17-26(23)2)9-13-27(24)11-3-4-12-27;;/h5-8,10,15,17H,3-4,9,11-13H2,1-2H3;;/q-1;;. The van der Waals surface area contributed by atoms with Crippen molar-refractivity contribution in [3.05, 3.63) is 66.1 Å². The molecule has 0 aliphatic carbocycles. The molecule has 5 rings (SSSR count). The Morgan fingerprint density at radius 3 is 2.59 bits per heavy atom. The third-order valence-corrected chi connectivity index (χ3v) is 12.1. The largest absolute Gasteiger partial charge is 0.369 e. The molecular formula is C24H25BN2SiY-. The number of nitrogens with zero attached hydrogens (tertiary/aromatic N) is 2. The zero-order chi connectivity index (χ0) is 18.4. The topological polar surface area (TPSA) is 16.8 Å². The molecule has 3 aromatic rings. The second-order valence-electron chi connectivity index (χ2n) is 8.29. The molecule has 2 nitrogen and oxygen atoms in total. The van der Waals surface area contributed by atoms with Crippen LogP contribution in [0.4, 0.5) is 0 Å². The van der Waals surface area contributed by atoms with E-state index in [-0.39, 0.29) is 41.1 Å². The maximum Gasteiger partial charge on any atom is 0.165 e. The summed E-state index contributed by atoms with van der Waals surface area (Å²) < 4.78 is 2.32. The van der Waals surface area contributed by atoms with E-state index in [0.717, 1.165) is 11.1 Å². The zero-order valence-corrected chi connectivity index (χ0v) is 21.2. The monoisotopic (exact) mass is 469 g/mol. The minimum absolute atomic E-state index is 0. The third kappa shape index (κ3) is 3.96. The van der Waals surface area contributed by atoms with Crippen LogP contribution in [-0.4, -0.2) is 21.5 Å². The number of aryl methyl sites for hydroxylation is 3. The molecule has 0 saturated carbocycles. The van der Waals surface area contributed by atoms with Crippen LogP contribution in [-0.2, 0) is 46.2 Å². The second-order valence-corrected chi connectivity index (χ2v) is 12.9. The van der Waals surface area contributed by atoms with Gasteiger partial charge < -0.3 is 4.98 Å². The third-order valence-electron chi connectivity index (χ3n) is 6.67. The predicted octanol–water partition coefficient (Wildman–Crippen LogP) is 3.77. The van der Waals surface area contributed by atoms with E-state index in [4.69, 9.17) is 0 Å². The average molecular weight is 469 g/mol. The van der Waals surface area contributed by atoms with Gasteiger partial charge in [-0.1, -0.05) is 55.0 Å². The fraction of sp³-hybridized carbons (Fsp3) is 0.333. The number of fused-ring (bicyclic) bond motifs is 2. The van der Waals surface area contributed by atoms with Crippen molar-refractivity contribution in [3.8, 4) is 22.4 Å². The number of pyridine rings is 2. The van der Waals surface area contributed by atoms with Gasteiger partial charge in [-0.05, 0) is 18.5 Å². The number of aromatic nitrogens is 2. The SMILES string of the molecule is Cc1ccc(-c2[c-]nccc2)[c-]c1-c1cc2c(c[n+]1C)CC[Si]21CCCC1.[B].[Y]. The van der Waals surface area contributed by atoms with Crippen molar-refractivity contribution < 1.29 is 37.3 Å². The maximum absolute atomic E-state index is 4.15. The van der Waals surface area contributed by atoms with Crippen LogP contribution >= 0.6 is 0 Å². The quantitative estimate of drug-likeness (QED) is 0.317. The van der Waals surface area contributed by atoms with Gasteiger partial charge in [-0.25, -0.2) is 4.57 Å². The minimum atomic E-state index is -1.22. The normalized spacial score (nSPS) is 16.2. The first kappa shape index (κ1) is 22.6. The van der Waals surface area contributed by atoms with Gasteiger partial charge in [0.25, 0.3) is 0 Å². The number of hydrogen-bond donors (Lipinski definition) is 0. The van der Waals surface area contributed by atoms with E-state index in [0.29, 0.717) is 0 Å². The van der Waals surface area contributed by atoms with Crippen LogP contribution in [0.15, 0.2) is 42.7 Å². The molecule has 1 spiro atoms. The van der Waals surface area contributed by atoms with Crippen LogP contribution in [0.5, 0.6) is 0 Å². The van der Waals surface area contributed by atoms with Crippen LogP contribution in [0.2, 0.25) is 18.1 Å². The molecule has 1 aromatic carbocycles.